The smallest absolute Gasteiger partial charge is 0.222 e. The summed E-state index contributed by atoms with van der Waals surface area (Å²) in [6.07, 6.45) is 1.81. The first-order valence-electron chi connectivity index (χ1n) is 5.78. The van der Waals surface area contributed by atoms with Crippen molar-refractivity contribution in [3.05, 3.63) is 34.9 Å². The minimum atomic E-state index is 0.292. The third kappa shape index (κ3) is 4.05. The van der Waals surface area contributed by atoms with E-state index in [9.17, 15) is 4.79 Å². The van der Waals surface area contributed by atoms with Crippen LogP contribution in [0.25, 0.3) is 0 Å². The van der Waals surface area contributed by atoms with Crippen molar-refractivity contribution < 1.29 is 4.79 Å². The summed E-state index contributed by atoms with van der Waals surface area (Å²) in [6.45, 7) is 7.33. The summed E-state index contributed by atoms with van der Waals surface area (Å²) in [4.78, 5) is 12.3. The van der Waals surface area contributed by atoms with Crippen molar-refractivity contribution in [2.45, 2.75) is 33.6 Å². The molecule has 0 saturated carbocycles. The van der Waals surface area contributed by atoms with E-state index in [4.69, 9.17) is 0 Å². The lowest BCUT2D eigenvalue weighted by Crippen LogP contribution is -2.17. The Morgan fingerprint density at radius 3 is 1.62 bits per heavy atom. The lowest BCUT2D eigenvalue weighted by Gasteiger charge is -2.03. The van der Waals surface area contributed by atoms with E-state index in [1.54, 1.807) is 4.90 Å². The Hall–Kier alpha value is -1.31. The van der Waals surface area contributed by atoms with E-state index >= 15 is 0 Å². The fourth-order valence-corrected chi connectivity index (χ4v) is 1.99. The molecule has 1 aromatic rings. The molecule has 0 N–H and O–H groups in total. The van der Waals surface area contributed by atoms with E-state index in [2.05, 4.69) is 39.0 Å². The van der Waals surface area contributed by atoms with Crippen LogP contribution in [0.4, 0.5) is 0 Å². The van der Waals surface area contributed by atoms with Crippen LogP contribution in [0.1, 0.15) is 29.5 Å². The molecule has 0 aromatic heterocycles. The van der Waals surface area contributed by atoms with Crippen molar-refractivity contribution in [2.75, 3.05) is 13.6 Å². The summed E-state index contributed by atoms with van der Waals surface area (Å²) in [7, 11) is 1.84. The van der Waals surface area contributed by atoms with Gasteiger partial charge in [0.1, 0.15) is 0 Å². The van der Waals surface area contributed by atoms with Crippen molar-refractivity contribution >= 4 is 5.91 Å². The van der Waals surface area contributed by atoms with E-state index in [-0.39, 0.29) is 0 Å². The molecule has 0 atom stereocenters. The highest BCUT2D eigenvalue weighted by molar-refractivity contribution is 5.77. The Morgan fingerprint density at radius 2 is 1.44 bits per heavy atom. The molecule has 0 aliphatic carbocycles. The van der Waals surface area contributed by atoms with E-state index in [0.717, 1.165) is 19.4 Å². The van der Waals surface area contributed by atoms with Gasteiger partial charge in [0, 0.05) is 20.0 Å². The molecule has 1 amide bonds. The van der Waals surface area contributed by atoms with Crippen LogP contribution in [0.5, 0.6) is 0 Å². The molecule has 2 heteroatoms. The SMILES string of the molecule is CN1CCCC1=O.Cc1cc(C)cc(C)c1. The van der Waals surface area contributed by atoms with Crippen molar-refractivity contribution in [1.82, 2.24) is 4.90 Å². The number of carbonyl (C=O) groups is 1. The average Bonchev–Trinajstić information content (AvgIpc) is 2.49. The summed E-state index contributed by atoms with van der Waals surface area (Å²) in [5, 5.41) is 0. The summed E-state index contributed by atoms with van der Waals surface area (Å²) in [5.41, 5.74) is 4.06. The zero-order chi connectivity index (χ0) is 12.1. The maximum atomic E-state index is 10.5. The second-order valence-electron chi connectivity index (χ2n) is 4.58. The molecule has 0 bridgehead atoms. The van der Waals surface area contributed by atoms with E-state index in [1.807, 2.05) is 7.05 Å². The minimum absolute atomic E-state index is 0.292. The standard InChI is InChI=1S/C9H12.C5H9NO/c1-7-4-8(2)6-9(3)5-7;1-6-4-2-3-5(6)7/h4-6H,1-3H3;2-4H2,1H3. The Kier molecular flexibility index (Phi) is 4.53. The third-order valence-electron chi connectivity index (χ3n) is 2.68. The van der Waals surface area contributed by atoms with Crippen molar-refractivity contribution in [1.29, 1.82) is 0 Å². The van der Waals surface area contributed by atoms with Gasteiger partial charge in [-0.1, -0.05) is 34.9 Å². The Labute approximate surface area is 98.3 Å². The highest BCUT2D eigenvalue weighted by atomic mass is 16.2. The molecule has 0 radical (unpaired) electrons. The van der Waals surface area contributed by atoms with Gasteiger partial charge in [0.05, 0.1) is 0 Å². The summed E-state index contributed by atoms with van der Waals surface area (Å²) >= 11 is 0. The topological polar surface area (TPSA) is 20.3 Å². The fourth-order valence-electron chi connectivity index (χ4n) is 1.99. The van der Waals surface area contributed by atoms with Crippen LogP contribution < -0.4 is 0 Å². The lowest BCUT2D eigenvalue weighted by atomic mass is 10.1. The number of hydrogen-bond donors (Lipinski definition) is 0. The normalized spacial score (nSPS) is 14.8. The minimum Gasteiger partial charge on any atom is -0.346 e. The number of likely N-dealkylation sites (tertiary alicyclic amines) is 1. The molecule has 1 fully saturated rings. The van der Waals surface area contributed by atoms with Gasteiger partial charge in [-0.05, 0) is 27.2 Å². The summed E-state index contributed by atoms with van der Waals surface area (Å²) in [6, 6.07) is 6.56. The van der Waals surface area contributed by atoms with Gasteiger partial charge in [0.2, 0.25) is 5.91 Å². The molecule has 2 nitrogen and oxygen atoms in total. The van der Waals surface area contributed by atoms with E-state index in [0.29, 0.717) is 5.91 Å². The summed E-state index contributed by atoms with van der Waals surface area (Å²) < 4.78 is 0. The van der Waals surface area contributed by atoms with Gasteiger partial charge in [0.15, 0.2) is 0 Å². The number of hydrogen-bond acceptors (Lipinski definition) is 1. The van der Waals surface area contributed by atoms with Crippen molar-refractivity contribution in [2.24, 2.45) is 0 Å². The first-order valence-corrected chi connectivity index (χ1v) is 5.78. The number of benzene rings is 1. The largest absolute Gasteiger partial charge is 0.346 e. The molecule has 0 spiro atoms. The fraction of sp³-hybridized carbons (Fsp3) is 0.500. The molecule has 1 heterocycles. The molecule has 1 aliphatic rings. The van der Waals surface area contributed by atoms with E-state index < -0.39 is 0 Å². The quantitative estimate of drug-likeness (QED) is 0.657. The van der Waals surface area contributed by atoms with Gasteiger partial charge in [-0.15, -0.1) is 0 Å². The molecule has 0 unspecified atom stereocenters. The highest BCUT2D eigenvalue weighted by Gasteiger charge is 2.14. The monoisotopic (exact) mass is 219 g/mol. The second kappa shape index (κ2) is 5.69. The lowest BCUT2D eigenvalue weighted by molar-refractivity contribution is -0.126. The molecule has 1 aromatic carbocycles. The van der Waals surface area contributed by atoms with E-state index in [1.165, 1.54) is 16.7 Å². The molecule has 16 heavy (non-hydrogen) atoms. The van der Waals surface area contributed by atoms with Crippen molar-refractivity contribution in [3.8, 4) is 0 Å². The maximum Gasteiger partial charge on any atom is 0.222 e. The van der Waals surface area contributed by atoms with Crippen LogP contribution in [0.3, 0.4) is 0 Å². The van der Waals surface area contributed by atoms with Crippen LogP contribution in [0.15, 0.2) is 18.2 Å². The van der Waals surface area contributed by atoms with Gasteiger partial charge < -0.3 is 4.90 Å². The van der Waals surface area contributed by atoms with Gasteiger partial charge in [-0.2, -0.15) is 0 Å². The number of carbonyl (C=O) groups excluding carboxylic acids is 1. The average molecular weight is 219 g/mol. The van der Waals surface area contributed by atoms with Gasteiger partial charge in [-0.3, -0.25) is 4.79 Å². The predicted molar refractivity (Wildman–Crippen MR) is 67.5 cm³/mol. The number of nitrogens with zero attached hydrogens (tertiary/aromatic N) is 1. The molecular formula is C14H21NO. The first kappa shape index (κ1) is 12.8. The molecular weight excluding hydrogens is 198 g/mol. The highest BCUT2D eigenvalue weighted by Crippen LogP contribution is 2.06. The number of rotatable bonds is 0. The summed E-state index contributed by atoms with van der Waals surface area (Å²) in [5.74, 6) is 0.292. The van der Waals surface area contributed by atoms with Crippen molar-refractivity contribution in [3.63, 3.8) is 0 Å². The zero-order valence-electron chi connectivity index (χ0n) is 10.7. The van der Waals surface area contributed by atoms with Gasteiger partial charge >= 0.3 is 0 Å². The number of amides is 1. The number of aryl methyl sites for hydroxylation is 3. The Bertz CT molecular complexity index is 321. The molecule has 88 valence electrons. The van der Waals surface area contributed by atoms with Crippen LogP contribution in [0.2, 0.25) is 0 Å². The molecule has 1 aliphatic heterocycles. The van der Waals surface area contributed by atoms with Crippen LogP contribution >= 0.6 is 0 Å². The van der Waals surface area contributed by atoms with Gasteiger partial charge in [-0.25, -0.2) is 0 Å². The first-order chi connectivity index (χ1) is 7.49. The molecule has 1 saturated heterocycles. The predicted octanol–water partition coefficient (Wildman–Crippen LogP) is 2.85. The Balaban J connectivity index is 0.000000165. The van der Waals surface area contributed by atoms with Crippen LogP contribution in [-0.4, -0.2) is 24.4 Å². The Morgan fingerprint density at radius 1 is 1.00 bits per heavy atom. The molecule has 2 rings (SSSR count). The zero-order valence-corrected chi connectivity index (χ0v) is 10.7. The van der Waals surface area contributed by atoms with Crippen LogP contribution in [0, 0.1) is 20.8 Å². The van der Waals surface area contributed by atoms with Gasteiger partial charge in [0.25, 0.3) is 0 Å². The second-order valence-corrected chi connectivity index (χ2v) is 4.58. The maximum absolute atomic E-state index is 10.5. The van der Waals surface area contributed by atoms with Crippen LogP contribution in [-0.2, 0) is 4.79 Å². The third-order valence-corrected chi connectivity index (χ3v) is 2.68.